The van der Waals surface area contributed by atoms with Crippen LogP contribution in [0.4, 0.5) is 13.2 Å². The normalized spacial score (nSPS) is 28.3. The van der Waals surface area contributed by atoms with Crippen LogP contribution in [0, 0.1) is 5.92 Å². The molecular weight excluding hydrogens is 173 g/mol. The molecule has 1 rings (SSSR count). The second-order valence-electron chi connectivity index (χ2n) is 2.84. The highest BCUT2D eigenvalue weighted by Crippen LogP contribution is 2.27. The van der Waals surface area contributed by atoms with Gasteiger partial charge in [0.1, 0.15) is 6.54 Å². The molecule has 0 bridgehead atoms. The van der Waals surface area contributed by atoms with E-state index in [4.69, 9.17) is 5.73 Å². The topological polar surface area (TPSA) is 55.1 Å². The molecule has 2 unspecified atom stereocenters. The zero-order valence-corrected chi connectivity index (χ0v) is 6.19. The highest BCUT2D eigenvalue weighted by Gasteiger charge is 2.41. The highest BCUT2D eigenvalue weighted by atomic mass is 19.4. The van der Waals surface area contributed by atoms with Crippen LogP contribution in [0.5, 0.6) is 0 Å². The molecule has 70 valence electrons. The zero-order valence-electron chi connectivity index (χ0n) is 6.19. The first-order valence-corrected chi connectivity index (χ1v) is 3.50. The van der Waals surface area contributed by atoms with Gasteiger partial charge >= 0.3 is 6.18 Å². The van der Waals surface area contributed by atoms with Gasteiger partial charge in [-0.1, -0.05) is 0 Å². The van der Waals surface area contributed by atoms with E-state index in [0.717, 1.165) is 0 Å². The molecule has 3 nitrogen and oxygen atoms in total. The molecule has 0 aliphatic heterocycles. The lowest BCUT2D eigenvalue weighted by atomic mass is 10.4. The van der Waals surface area contributed by atoms with Crippen molar-refractivity contribution in [1.82, 2.24) is 5.32 Å². The van der Waals surface area contributed by atoms with E-state index < -0.39 is 24.5 Å². The van der Waals surface area contributed by atoms with E-state index in [1.807, 2.05) is 0 Å². The lowest BCUT2D eigenvalue weighted by Crippen LogP contribution is -2.35. The molecule has 0 aromatic heterocycles. The van der Waals surface area contributed by atoms with Gasteiger partial charge in [0.05, 0.1) is 5.92 Å². The summed E-state index contributed by atoms with van der Waals surface area (Å²) in [6, 6.07) is -0.252. The van der Waals surface area contributed by atoms with Crippen molar-refractivity contribution in [2.45, 2.75) is 18.6 Å². The molecular formula is C6H9F3N2O. The number of carbonyl (C=O) groups is 1. The van der Waals surface area contributed by atoms with Crippen LogP contribution >= 0.6 is 0 Å². The molecule has 1 aliphatic carbocycles. The van der Waals surface area contributed by atoms with Crippen molar-refractivity contribution in [1.29, 1.82) is 0 Å². The van der Waals surface area contributed by atoms with E-state index in [9.17, 15) is 18.0 Å². The van der Waals surface area contributed by atoms with Crippen LogP contribution < -0.4 is 11.1 Å². The van der Waals surface area contributed by atoms with E-state index in [1.165, 1.54) is 0 Å². The number of amides is 1. The Morgan fingerprint density at radius 2 is 2.08 bits per heavy atom. The van der Waals surface area contributed by atoms with E-state index >= 15 is 0 Å². The summed E-state index contributed by atoms with van der Waals surface area (Å²) >= 11 is 0. The lowest BCUT2D eigenvalue weighted by Gasteiger charge is -2.07. The largest absolute Gasteiger partial charge is 0.405 e. The van der Waals surface area contributed by atoms with Crippen molar-refractivity contribution in [3.05, 3.63) is 0 Å². The van der Waals surface area contributed by atoms with Crippen molar-refractivity contribution in [3.63, 3.8) is 0 Å². The molecule has 0 saturated heterocycles. The molecule has 0 aromatic carbocycles. The molecule has 0 radical (unpaired) electrons. The fraction of sp³-hybridized carbons (Fsp3) is 0.833. The van der Waals surface area contributed by atoms with Crippen molar-refractivity contribution in [3.8, 4) is 0 Å². The van der Waals surface area contributed by atoms with Gasteiger partial charge in [-0.15, -0.1) is 0 Å². The molecule has 3 N–H and O–H groups in total. The summed E-state index contributed by atoms with van der Waals surface area (Å²) in [7, 11) is 0. The second kappa shape index (κ2) is 2.93. The SMILES string of the molecule is NC1CC1C(=O)NCC(F)(F)F. The molecule has 6 heteroatoms. The van der Waals surface area contributed by atoms with Crippen molar-refractivity contribution >= 4 is 5.91 Å². The predicted molar refractivity (Wildman–Crippen MR) is 35.1 cm³/mol. The number of halogens is 3. The molecule has 1 fully saturated rings. The van der Waals surface area contributed by atoms with Gasteiger partial charge in [-0.2, -0.15) is 13.2 Å². The molecule has 0 spiro atoms. The van der Waals surface area contributed by atoms with Crippen LogP contribution in [-0.2, 0) is 4.79 Å². The van der Waals surface area contributed by atoms with E-state index in [1.54, 1.807) is 5.32 Å². The van der Waals surface area contributed by atoms with Crippen LogP contribution in [-0.4, -0.2) is 24.7 Å². The number of nitrogens with one attached hydrogen (secondary N) is 1. The van der Waals surface area contributed by atoms with E-state index in [2.05, 4.69) is 0 Å². The van der Waals surface area contributed by atoms with Gasteiger partial charge in [0.2, 0.25) is 5.91 Å². The van der Waals surface area contributed by atoms with Gasteiger partial charge in [-0.05, 0) is 6.42 Å². The van der Waals surface area contributed by atoms with E-state index in [-0.39, 0.29) is 6.04 Å². The lowest BCUT2D eigenvalue weighted by molar-refractivity contribution is -0.139. The molecule has 1 aliphatic rings. The molecule has 2 atom stereocenters. The van der Waals surface area contributed by atoms with Crippen LogP contribution in [0.25, 0.3) is 0 Å². The Morgan fingerprint density at radius 3 is 2.42 bits per heavy atom. The number of nitrogens with two attached hydrogens (primary N) is 1. The Hall–Kier alpha value is -0.780. The summed E-state index contributed by atoms with van der Waals surface area (Å²) in [5, 5.41) is 1.77. The predicted octanol–water partition coefficient (Wildman–Crippen LogP) is 0.0121. The quantitative estimate of drug-likeness (QED) is 0.632. The summed E-state index contributed by atoms with van der Waals surface area (Å²) in [5.41, 5.74) is 5.26. The number of carbonyl (C=O) groups excluding carboxylic acids is 1. The first-order valence-electron chi connectivity index (χ1n) is 3.50. The Kier molecular flexibility index (Phi) is 2.27. The number of hydrogen-bond acceptors (Lipinski definition) is 2. The minimum absolute atomic E-state index is 0.252. The fourth-order valence-corrected chi connectivity index (χ4v) is 0.835. The third-order valence-corrected chi connectivity index (χ3v) is 1.64. The van der Waals surface area contributed by atoms with E-state index in [0.29, 0.717) is 6.42 Å². The summed E-state index contributed by atoms with van der Waals surface area (Å²) in [4.78, 5) is 10.8. The van der Waals surface area contributed by atoms with Crippen LogP contribution in [0.3, 0.4) is 0 Å². The number of rotatable bonds is 2. The monoisotopic (exact) mass is 182 g/mol. The minimum Gasteiger partial charge on any atom is -0.347 e. The van der Waals surface area contributed by atoms with Gasteiger partial charge < -0.3 is 11.1 Å². The van der Waals surface area contributed by atoms with Crippen molar-refractivity contribution in [2.24, 2.45) is 11.7 Å². The first kappa shape index (κ1) is 9.31. The number of hydrogen-bond donors (Lipinski definition) is 2. The molecule has 0 aromatic rings. The second-order valence-corrected chi connectivity index (χ2v) is 2.84. The average Bonchev–Trinajstić information content (AvgIpc) is 2.60. The Labute approximate surface area is 67.1 Å². The Morgan fingerprint density at radius 1 is 1.58 bits per heavy atom. The van der Waals surface area contributed by atoms with Gasteiger partial charge in [-0.3, -0.25) is 4.79 Å². The van der Waals surface area contributed by atoms with Crippen LogP contribution in [0.1, 0.15) is 6.42 Å². The maximum atomic E-state index is 11.6. The molecule has 0 heterocycles. The smallest absolute Gasteiger partial charge is 0.347 e. The Bertz CT molecular complexity index is 192. The third-order valence-electron chi connectivity index (χ3n) is 1.64. The third kappa shape index (κ3) is 2.69. The van der Waals surface area contributed by atoms with Crippen molar-refractivity contribution < 1.29 is 18.0 Å². The van der Waals surface area contributed by atoms with Gasteiger partial charge in [0, 0.05) is 6.04 Å². The summed E-state index contributed by atoms with van der Waals surface area (Å²) in [6.07, 6.45) is -3.85. The average molecular weight is 182 g/mol. The van der Waals surface area contributed by atoms with Gasteiger partial charge in [0.25, 0.3) is 0 Å². The minimum atomic E-state index is -4.34. The number of alkyl halides is 3. The highest BCUT2D eigenvalue weighted by molar-refractivity contribution is 5.82. The zero-order chi connectivity index (χ0) is 9.35. The van der Waals surface area contributed by atoms with Crippen LogP contribution in [0.15, 0.2) is 0 Å². The van der Waals surface area contributed by atoms with Gasteiger partial charge in [-0.25, -0.2) is 0 Å². The molecule has 12 heavy (non-hydrogen) atoms. The standard InChI is InChI=1S/C6H9F3N2O/c7-6(8,9)2-11-5(12)3-1-4(3)10/h3-4H,1-2,10H2,(H,11,12). The maximum absolute atomic E-state index is 11.6. The molecule has 1 amide bonds. The molecule has 1 saturated carbocycles. The maximum Gasteiger partial charge on any atom is 0.405 e. The van der Waals surface area contributed by atoms with Crippen molar-refractivity contribution in [2.75, 3.05) is 6.54 Å². The first-order chi connectivity index (χ1) is 5.40. The summed E-state index contributed by atoms with van der Waals surface area (Å²) in [6.45, 7) is -1.27. The Balaban J connectivity index is 2.20. The van der Waals surface area contributed by atoms with Crippen LogP contribution in [0.2, 0.25) is 0 Å². The summed E-state index contributed by atoms with van der Waals surface area (Å²) < 4.78 is 34.7. The summed E-state index contributed by atoms with van der Waals surface area (Å²) in [5.74, 6) is -1.01. The van der Waals surface area contributed by atoms with Gasteiger partial charge in [0.15, 0.2) is 0 Å². The fourth-order valence-electron chi connectivity index (χ4n) is 0.835.